The molecule has 3 heterocycles. The molecule has 6 nitrogen and oxygen atoms in total. The predicted molar refractivity (Wildman–Crippen MR) is 79.5 cm³/mol. The number of hydrogen-bond donors (Lipinski definition) is 2. The number of aromatic amines is 1. The van der Waals surface area contributed by atoms with Gasteiger partial charge in [-0.3, -0.25) is 5.10 Å². The van der Waals surface area contributed by atoms with Crippen molar-refractivity contribution in [3.8, 4) is 0 Å². The fraction of sp³-hybridized carbons (Fsp3) is 0.467. The van der Waals surface area contributed by atoms with E-state index in [4.69, 9.17) is 0 Å². The molecule has 21 heavy (non-hydrogen) atoms. The van der Waals surface area contributed by atoms with Crippen LogP contribution in [0.25, 0.3) is 0 Å². The zero-order valence-electron chi connectivity index (χ0n) is 12.2. The number of carbonyl (C=O) groups is 1. The van der Waals surface area contributed by atoms with Gasteiger partial charge in [0.25, 0.3) is 0 Å². The average Bonchev–Trinajstić information content (AvgIpc) is 3.16. The highest BCUT2D eigenvalue weighted by Crippen LogP contribution is 2.30. The van der Waals surface area contributed by atoms with E-state index in [2.05, 4.69) is 15.5 Å². The molecule has 3 rings (SSSR count). The highest BCUT2D eigenvalue weighted by Gasteiger charge is 2.28. The number of carbonyl (C=O) groups excluding carboxylic acids is 1. The zero-order valence-corrected chi connectivity index (χ0v) is 12.2. The SMILES string of the molecule is Cn1ccc(CNC(=O)N2CCCC[C@H]2c2cn[nH]c2)c1. The summed E-state index contributed by atoms with van der Waals surface area (Å²) < 4.78 is 1.98. The topological polar surface area (TPSA) is 66.0 Å². The maximum absolute atomic E-state index is 12.5. The lowest BCUT2D eigenvalue weighted by Gasteiger charge is -2.35. The van der Waals surface area contributed by atoms with Gasteiger partial charge in [0.2, 0.25) is 0 Å². The van der Waals surface area contributed by atoms with E-state index in [-0.39, 0.29) is 12.1 Å². The third-order valence-corrected chi connectivity index (χ3v) is 4.00. The van der Waals surface area contributed by atoms with Crippen LogP contribution in [0.5, 0.6) is 0 Å². The smallest absolute Gasteiger partial charge is 0.318 e. The van der Waals surface area contributed by atoms with E-state index < -0.39 is 0 Å². The van der Waals surface area contributed by atoms with E-state index in [0.29, 0.717) is 6.54 Å². The monoisotopic (exact) mass is 287 g/mol. The number of rotatable bonds is 3. The Hall–Kier alpha value is -2.24. The van der Waals surface area contributed by atoms with E-state index >= 15 is 0 Å². The Labute approximate surface area is 124 Å². The van der Waals surface area contributed by atoms with Crippen LogP contribution in [-0.4, -0.2) is 32.2 Å². The van der Waals surface area contributed by atoms with Gasteiger partial charge in [-0.15, -0.1) is 0 Å². The van der Waals surface area contributed by atoms with Crippen molar-refractivity contribution in [1.82, 2.24) is 25.0 Å². The second-order valence-electron chi connectivity index (χ2n) is 5.58. The molecule has 1 aliphatic rings. The standard InChI is InChI=1S/C15H21N5O/c1-19-7-5-12(11-19)8-16-15(21)20-6-3-2-4-14(20)13-9-17-18-10-13/h5,7,9-11,14H,2-4,6,8H2,1H3,(H,16,21)(H,17,18)/t14-/m0/s1. The summed E-state index contributed by atoms with van der Waals surface area (Å²) in [6.07, 6.45) is 10.9. The molecule has 2 N–H and O–H groups in total. The number of urea groups is 1. The van der Waals surface area contributed by atoms with Crippen molar-refractivity contribution < 1.29 is 4.79 Å². The van der Waals surface area contributed by atoms with Gasteiger partial charge in [0, 0.05) is 44.3 Å². The van der Waals surface area contributed by atoms with Crippen molar-refractivity contribution >= 4 is 6.03 Å². The van der Waals surface area contributed by atoms with Gasteiger partial charge in [-0.1, -0.05) is 0 Å². The summed E-state index contributed by atoms with van der Waals surface area (Å²) in [7, 11) is 1.98. The first-order valence-electron chi connectivity index (χ1n) is 7.38. The first-order valence-corrected chi connectivity index (χ1v) is 7.38. The maximum atomic E-state index is 12.5. The number of H-pyrrole nitrogens is 1. The molecule has 0 spiro atoms. The molecule has 1 saturated heterocycles. The van der Waals surface area contributed by atoms with Gasteiger partial charge in [-0.2, -0.15) is 5.10 Å². The second-order valence-corrected chi connectivity index (χ2v) is 5.58. The lowest BCUT2D eigenvalue weighted by molar-refractivity contribution is 0.151. The molecule has 0 bridgehead atoms. The molecule has 1 fully saturated rings. The van der Waals surface area contributed by atoms with Crippen LogP contribution < -0.4 is 5.32 Å². The van der Waals surface area contributed by atoms with Crippen LogP contribution in [0.3, 0.4) is 0 Å². The molecular formula is C15H21N5O. The number of nitrogens with one attached hydrogen (secondary N) is 2. The fourth-order valence-electron chi connectivity index (χ4n) is 2.91. The number of aromatic nitrogens is 3. The van der Waals surface area contributed by atoms with Crippen LogP contribution in [-0.2, 0) is 13.6 Å². The van der Waals surface area contributed by atoms with Gasteiger partial charge in [0.15, 0.2) is 0 Å². The minimum Gasteiger partial charge on any atom is -0.357 e. The molecule has 6 heteroatoms. The molecule has 1 aliphatic heterocycles. The summed E-state index contributed by atoms with van der Waals surface area (Å²) in [5, 5.41) is 9.85. The molecule has 2 aromatic rings. The Balaban J connectivity index is 1.64. The maximum Gasteiger partial charge on any atom is 0.318 e. The highest BCUT2D eigenvalue weighted by atomic mass is 16.2. The van der Waals surface area contributed by atoms with E-state index in [1.807, 2.05) is 47.4 Å². The molecule has 0 aromatic carbocycles. The fourth-order valence-corrected chi connectivity index (χ4v) is 2.91. The highest BCUT2D eigenvalue weighted by molar-refractivity contribution is 5.74. The number of likely N-dealkylation sites (tertiary alicyclic amines) is 1. The lowest BCUT2D eigenvalue weighted by Crippen LogP contribution is -2.44. The summed E-state index contributed by atoms with van der Waals surface area (Å²) in [5.41, 5.74) is 2.20. The second kappa shape index (κ2) is 6.03. The summed E-state index contributed by atoms with van der Waals surface area (Å²) in [4.78, 5) is 14.4. The molecule has 0 radical (unpaired) electrons. The van der Waals surface area contributed by atoms with Crippen LogP contribution >= 0.6 is 0 Å². The molecule has 112 valence electrons. The van der Waals surface area contributed by atoms with E-state index in [1.54, 1.807) is 0 Å². The first kappa shape index (κ1) is 13.7. The van der Waals surface area contributed by atoms with E-state index in [1.165, 1.54) is 0 Å². The number of hydrogen-bond acceptors (Lipinski definition) is 2. The Kier molecular flexibility index (Phi) is 3.94. The van der Waals surface area contributed by atoms with Crippen LogP contribution in [0.4, 0.5) is 4.79 Å². The van der Waals surface area contributed by atoms with Gasteiger partial charge in [0.05, 0.1) is 12.2 Å². The Morgan fingerprint density at radius 3 is 3.14 bits per heavy atom. The van der Waals surface area contributed by atoms with Crippen LogP contribution in [0, 0.1) is 0 Å². The Morgan fingerprint density at radius 2 is 2.43 bits per heavy atom. The first-order chi connectivity index (χ1) is 10.2. The van der Waals surface area contributed by atoms with Crippen molar-refractivity contribution in [2.24, 2.45) is 7.05 Å². The van der Waals surface area contributed by atoms with Crippen LogP contribution in [0.2, 0.25) is 0 Å². The largest absolute Gasteiger partial charge is 0.357 e. The minimum absolute atomic E-state index is 0.00440. The summed E-state index contributed by atoms with van der Waals surface area (Å²) in [5.74, 6) is 0. The number of nitrogens with zero attached hydrogens (tertiary/aromatic N) is 3. The number of amides is 2. The summed E-state index contributed by atoms with van der Waals surface area (Å²) >= 11 is 0. The molecule has 0 unspecified atom stereocenters. The molecule has 0 aliphatic carbocycles. The third kappa shape index (κ3) is 3.09. The molecule has 2 aromatic heterocycles. The van der Waals surface area contributed by atoms with Gasteiger partial charge in [0.1, 0.15) is 0 Å². The minimum atomic E-state index is 0.00440. The Morgan fingerprint density at radius 1 is 1.52 bits per heavy atom. The van der Waals surface area contributed by atoms with Gasteiger partial charge in [-0.25, -0.2) is 4.79 Å². The van der Waals surface area contributed by atoms with Crippen molar-refractivity contribution in [2.75, 3.05) is 6.54 Å². The van der Waals surface area contributed by atoms with Gasteiger partial charge < -0.3 is 14.8 Å². The number of aryl methyl sites for hydroxylation is 1. The van der Waals surface area contributed by atoms with Crippen molar-refractivity contribution in [2.45, 2.75) is 31.8 Å². The van der Waals surface area contributed by atoms with E-state index in [0.717, 1.165) is 36.9 Å². The number of piperidine rings is 1. The quantitative estimate of drug-likeness (QED) is 0.908. The molecule has 1 atom stereocenters. The zero-order chi connectivity index (χ0) is 14.7. The summed E-state index contributed by atoms with van der Waals surface area (Å²) in [6, 6.07) is 2.15. The third-order valence-electron chi connectivity index (χ3n) is 4.00. The lowest BCUT2D eigenvalue weighted by atomic mass is 9.98. The molecule has 2 amide bonds. The summed E-state index contributed by atoms with van der Waals surface area (Å²) in [6.45, 7) is 1.37. The van der Waals surface area contributed by atoms with Crippen LogP contribution in [0.1, 0.15) is 36.4 Å². The van der Waals surface area contributed by atoms with Gasteiger partial charge >= 0.3 is 6.03 Å². The Bertz CT molecular complexity index is 589. The van der Waals surface area contributed by atoms with E-state index in [9.17, 15) is 4.79 Å². The molecule has 0 saturated carbocycles. The van der Waals surface area contributed by atoms with Gasteiger partial charge in [-0.05, 0) is 30.9 Å². The van der Waals surface area contributed by atoms with Crippen molar-refractivity contribution in [1.29, 1.82) is 0 Å². The normalized spacial score (nSPS) is 18.7. The van der Waals surface area contributed by atoms with Crippen molar-refractivity contribution in [3.63, 3.8) is 0 Å². The predicted octanol–water partition coefficient (Wildman–Crippen LogP) is 2.18. The molecular weight excluding hydrogens is 266 g/mol. The average molecular weight is 287 g/mol. The van der Waals surface area contributed by atoms with Crippen LogP contribution in [0.15, 0.2) is 30.9 Å². The van der Waals surface area contributed by atoms with Crippen molar-refractivity contribution in [3.05, 3.63) is 42.0 Å².